The summed E-state index contributed by atoms with van der Waals surface area (Å²) in [7, 11) is -3.53. The quantitative estimate of drug-likeness (QED) is 0.584. The minimum Gasteiger partial charge on any atom is -0.330 e. The van der Waals surface area contributed by atoms with E-state index in [0.29, 0.717) is 19.4 Å². The van der Waals surface area contributed by atoms with Gasteiger partial charge in [0.1, 0.15) is 0 Å². The van der Waals surface area contributed by atoms with Crippen molar-refractivity contribution < 1.29 is 17.2 Å². The fourth-order valence-electron chi connectivity index (χ4n) is 0.699. The molecule has 4 nitrogen and oxygen atoms in total. The zero-order chi connectivity index (χ0) is 10.3. The highest BCUT2D eigenvalue weighted by atomic mass is 32.2. The summed E-state index contributed by atoms with van der Waals surface area (Å²) in [5.41, 5.74) is 5.14. The van der Waals surface area contributed by atoms with Crippen LogP contribution in [0.4, 0.5) is 8.78 Å². The summed E-state index contributed by atoms with van der Waals surface area (Å²) in [5, 5.41) is 0. The van der Waals surface area contributed by atoms with E-state index in [9.17, 15) is 17.2 Å². The first-order valence-electron chi connectivity index (χ1n) is 3.93. The SMILES string of the molecule is NCCCCS(=O)(=O)NCC(F)F. The molecule has 13 heavy (non-hydrogen) atoms. The Morgan fingerprint density at radius 3 is 2.38 bits per heavy atom. The molecule has 0 bridgehead atoms. The van der Waals surface area contributed by atoms with Gasteiger partial charge in [-0.3, -0.25) is 0 Å². The van der Waals surface area contributed by atoms with Crippen LogP contribution in [0, 0.1) is 0 Å². The Bertz CT molecular complexity index is 219. The third-order valence-electron chi connectivity index (χ3n) is 1.32. The number of nitrogens with two attached hydrogens (primary N) is 1. The van der Waals surface area contributed by atoms with Crippen molar-refractivity contribution in [1.82, 2.24) is 4.72 Å². The monoisotopic (exact) mass is 216 g/mol. The van der Waals surface area contributed by atoms with Gasteiger partial charge in [0.15, 0.2) is 0 Å². The summed E-state index contributed by atoms with van der Waals surface area (Å²) in [5.74, 6) is -0.142. The molecular formula is C6H14F2N2O2S. The number of nitrogens with one attached hydrogen (secondary N) is 1. The first kappa shape index (κ1) is 12.7. The highest BCUT2D eigenvalue weighted by molar-refractivity contribution is 7.89. The van der Waals surface area contributed by atoms with Crippen LogP contribution in [0.15, 0.2) is 0 Å². The molecule has 0 aliphatic rings. The van der Waals surface area contributed by atoms with Crippen molar-refractivity contribution in [3.8, 4) is 0 Å². The zero-order valence-electron chi connectivity index (χ0n) is 7.17. The highest BCUT2D eigenvalue weighted by Crippen LogP contribution is 1.95. The van der Waals surface area contributed by atoms with Crippen molar-refractivity contribution in [2.24, 2.45) is 5.73 Å². The average molecular weight is 216 g/mol. The number of rotatable bonds is 7. The van der Waals surface area contributed by atoms with Gasteiger partial charge in [0.05, 0.1) is 12.3 Å². The topological polar surface area (TPSA) is 72.2 Å². The number of hydrogen-bond acceptors (Lipinski definition) is 3. The Labute approximate surface area is 76.5 Å². The molecule has 0 aliphatic heterocycles. The van der Waals surface area contributed by atoms with Gasteiger partial charge in [-0.2, -0.15) is 0 Å². The predicted molar refractivity (Wildman–Crippen MR) is 46.1 cm³/mol. The number of hydrogen-bond donors (Lipinski definition) is 2. The Morgan fingerprint density at radius 2 is 1.92 bits per heavy atom. The summed E-state index contributed by atoms with van der Waals surface area (Å²) in [6.07, 6.45) is -1.67. The first-order valence-corrected chi connectivity index (χ1v) is 5.58. The molecule has 0 heterocycles. The van der Waals surface area contributed by atoms with Gasteiger partial charge in [0, 0.05) is 0 Å². The van der Waals surface area contributed by atoms with Gasteiger partial charge in [-0.25, -0.2) is 21.9 Å². The van der Waals surface area contributed by atoms with Crippen molar-refractivity contribution in [1.29, 1.82) is 0 Å². The van der Waals surface area contributed by atoms with Crippen LogP contribution in [-0.4, -0.2) is 33.7 Å². The maximum Gasteiger partial charge on any atom is 0.251 e. The molecular weight excluding hydrogens is 202 g/mol. The summed E-state index contributed by atoms with van der Waals surface area (Å²) in [6.45, 7) is -0.407. The second-order valence-electron chi connectivity index (χ2n) is 2.55. The van der Waals surface area contributed by atoms with Crippen LogP contribution >= 0.6 is 0 Å². The Hall–Kier alpha value is -0.270. The van der Waals surface area contributed by atoms with Crippen molar-refractivity contribution in [2.75, 3.05) is 18.8 Å². The smallest absolute Gasteiger partial charge is 0.251 e. The van der Waals surface area contributed by atoms with Crippen LogP contribution in [0.2, 0.25) is 0 Å². The highest BCUT2D eigenvalue weighted by Gasteiger charge is 2.12. The lowest BCUT2D eigenvalue weighted by Gasteiger charge is -2.04. The van der Waals surface area contributed by atoms with Crippen LogP contribution in [0.5, 0.6) is 0 Å². The van der Waals surface area contributed by atoms with E-state index in [1.165, 1.54) is 0 Å². The van der Waals surface area contributed by atoms with Crippen LogP contribution in [0.1, 0.15) is 12.8 Å². The van der Waals surface area contributed by atoms with E-state index in [-0.39, 0.29) is 5.75 Å². The summed E-state index contributed by atoms with van der Waals surface area (Å²) >= 11 is 0. The lowest BCUT2D eigenvalue weighted by atomic mass is 10.3. The molecule has 0 amide bonds. The summed E-state index contributed by atoms with van der Waals surface area (Å²) in [4.78, 5) is 0. The lowest BCUT2D eigenvalue weighted by molar-refractivity contribution is 0.153. The third-order valence-corrected chi connectivity index (χ3v) is 2.76. The van der Waals surface area contributed by atoms with Crippen molar-refractivity contribution in [3.63, 3.8) is 0 Å². The normalized spacial score (nSPS) is 12.3. The number of sulfonamides is 1. The second-order valence-corrected chi connectivity index (χ2v) is 4.48. The maximum absolute atomic E-state index is 11.6. The second kappa shape index (κ2) is 6.22. The molecule has 0 aromatic heterocycles. The van der Waals surface area contributed by atoms with Crippen LogP contribution < -0.4 is 10.5 Å². The van der Waals surface area contributed by atoms with E-state index in [2.05, 4.69) is 0 Å². The lowest BCUT2D eigenvalue weighted by Crippen LogP contribution is -2.30. The molecule has 0 aromatic carbocycles. The van der Waals surface area contributed by atoms with E-state index in [4.69, 9.17) is 5.73 Å². The van der Waals surface area contributed by atoms with E-state index >= 15 is 0 Å². The van der Waals surface area contributed by atoms with E-state index in [0.717, 1.165) is 0 Å². The van der Waals surface area contributed by atoms with Gasteiger partial charge in [-0.15, -0.1) is 0 Å². The third kappa shape index (κ3) is 8.07. The van der Waals surface area contributed by atoms with Gasteiger partial charge < -0.3 is 5.73 Å². The van der Waals surface area contributed by atoms with Crippen molar-refractivity contribution >= 4 is 10.0 Å². The molecule has 0 aliphatic carbocycles. The largest absolute Gasteiger partial charge is 0.330 e. The number of halogens is 2. The van der Waals surface area contributed by atoms with Gasteiger partial charge in [0.2, 0.25) is 10.0 Å². The molecule has 0 atom stereocenters. The minimum atomic E-state index is -3.53. The number of alkyl halides is 2. The van der Waals surface area contributed by atoms with Crippen LogP contribution in [0.3, 0.4) is 0 Å². The van der Waals surface area contributed by atoms with Gasteiger partial charge in [-0.1, -0.05) is 0 Å². The van der Waals surface area contributed by atoms with Crippen LogP contribution in [-0.2, 0) is 10.0 Å². The summed E-state index contributed by atoms with van der Waals surface area (Å²) < 4.78 is 46.9. The molecule has 0 rings (SSSR count). The van der Waals surface area contributed by atoms with E-state index < -0.39 is 23.0 Å². The standard InChI is InChI=1S/C6H14F2N2O2S/c7-6(8)5-10-13(11,12)4-2-1-3-9/h6,10H,1-5,9H2. The van der Waals surface area contributed by atoms with Crippen LogP contribution in [0.25, 0.3) is 0 Å². The molecule has 0 unspecified atom stereocenters. The molecule has 0 fully saturated rings. The first-order chi connectivity index (χ1) is 5.98. The Morgan fingerprint density at radius 1 is 1.31 bits per heavy atom. The molecule has 0 spiro atoms. The molecule has 80 valence electrons. The number of unbranched alkanes of at least 4 members (excludes halogenated alkanes) is 1. The van der Waals surface area contributed by atoms with Crippen molar-refractivity contribution in [2.45, 2.75) is 19.3 Å². The van der Waals surface area contributed by atoms with Gasteiger partial charge in [0.25, 0.3) is 6.43 Å². The average Bonchev–Trinajstić information content (AvgIpc) is 2.02. The molecule has 0 radical (unpaired) electrons. The molecule has 0 saturated heterocycles. The fourth-order valence-corrected chi connectivity index (χ4v) is 1.81. The minimum absolute atomic E-state index is 0.142. The zero-order valence-corrected chi connectivity index (χ0v) is 7.99. The predicted octanol–water partition coefficient (Wildman–Crippen LogP) is -0.0902. The molecule has 3 N–H and O–H groups in total. The maximum atomic E-state index is 11.6. The van der Waals surface area contributed by atoms with E-state index in [1.54, 1.807) is 4.72 Å². The Balaban J connectivity index is 3.68. The molecule has 0 saturated carbocycles. The van der Waals surface area contributed by atoms with Gasteiger partial charge in [-0.05, 0) is 19.4 Å². The molecule has 0 aromatic rings. The van der Waals surface area contributed by atoms with E-state index in [1.807, 2.05) is 0 Å². The Kier molecular flexibility index (Phi) is 6.10. The fraction of sp³-hybridized carbons (Fsp3) is 1.00. The van der Waals surface area contributed by atoms with Gasteiger partial charge >= 0.3 is 0 Å². The molecule has 7 heteroatoms. The summed E-state index contributed by atoms with van der Waals surface area (Å²) in [6, 6.07) is 0. The van der Waals surface area contributed by atoms with Crippen molar-refractivity contribution in [3.05, 3.63) is 0 Å².